The molecule has 0 aliphatic heterocycles. The molecule has 0 unspecified atom stereocenters. The number of thiazole rings is 1. The van der Waals surface area contributed by atoms with Crippen molar-refractivity contribution in [3.63, 3.8) is 0 Å². The minimum atomic E-state index is 0.694. The van der Waals surface area contributed by atoms with Crippen molar-refractivity contribution in [2.24, 2.45) is 0 Å². The lowest BCUT2D eigenvalue weighted by Crippen LogP contribution is -1.93. The zero-order valence-electron chi connectivity index (χ0n) is 7.73. The van der Waals surface area contributed by atoms with Crippen molar-refractivity contribution in [3.05, 3.63) is 29.8 Å². The summed E-state index contributed by atoms with van der Waals surface area (Å²) in [4.78, 5) is 4.21. The fraction of sp³-hybridized carbons (Fsp3) is 0.100. The molecule has 14 heavy (non-hydrogen) atoms. The first-order valence-corrected chi connectivity index (χ1v) is 5.03. The van der Waals surface area contributed by atoms with E-state index in [2.05, 4.69) is 4.98 Å². The second kappa shape index (κ2) is 3.67. The van der Waals surface area contributed by atoms with Crippen LogP contribution in [0.2, 0.25) is 0 Å². The summed E-state index contributed by atoms with van der Waals surface area (Å²) in [6, 6.07) is 5.59. The van der Waals surface area contributed by atoms with Gasteiger partial charge >= 0.3 is 0 Å². The van der Waals surface area contributed by atoms with E-state index in [9.17, 15) is 0 Å². The maximum atomic E-state index is 5.87. The Hall–Kier alpha value is -1.55. The van der Waals surface area contributed by atoms with Crippen LogP contribution in [0.1, 0.15) is 0 Å². The highest BCUT2D eigenvalue weighted by atomic mass is 32.1. The molecule has 72 valence electrons. The Morgan fingerprint density at radius 1 is 1.43 bits per heavy atom. The van der Waals surface area contributed by atoms with E-state index in [4.69, 9.17) is 10.5 Å². The summed E-state index contributed by atoms with van der Waals surface area (Å²) in [5, 5.41) is 2.81. The van der Waals surface area contributed by atoms with E-state index in [1.54, 1.807) is 24.6 Å². The lowest BCUT2D eigenvalue weighted by Gasteiger charge is -2.07. The van der Waals surface area contributed by atoms with Crippen LogP contribution in [-0.4, -0.2) is 12.1 Å². The highest BCUT2D eigenvalue weighted by molar-refractivity contribution is 7.13. The molecule has 4 heteroatoms. The van der Waals surface area contributed by atoms with Gasteiger partial charge in [0.1, 0.15) is 10.8 Å². The molecule has 3 nitrogen and oxygen atoms in total. The first kappa shape index (κ1) is 9.02. The topological polar surface area (TPSA) is 48.1 Å². The van der Waals surface area contributed by atoms with Gasteiger partial charge in [-0.3, -0.25) is 0 Å². The van der Waals surface area contributed by atoms with E-state index >= 15 is 0 Å². The molecule has 0 bridgehead atoms. The molecule has 0 fully saturated rings. The zero-order chi connectivity index (χ0) is 9.97. The van der Waals surface area contributed by atoms with Gasteiger partial charge in [-0.1, -0.05) is 6.07 Å². The van der Waals surface area contributed by atoms with E-state index in [0.29, 0.717) is 5.69 Å². The summed E-state index contributed by atoms with van der Waals surface area (Å²) in [5.74, 6) is 0.764. The van der Waals surface area contributed by atoms with Crippen LogP contribution in [-0.2, 0) is 0 Å². The summed E-state index contributed by atoms with van der Waals surface area (Å²) in [6.07, 6.45) is 1.76. The lowest BCUT2D eigenvalue weighted by atomic mass is 10.1. The predicted octanol–water partition coefficient (Wildman–Crippen LogP) is 2.40. The lowest BCUT2D eigenvalue weighted by molar-refractivity contribution is 0.416. The average Bonchev–Trinajstić information content (AvgIpc) is 2.70. The first-order chi connectivity index (χ1) is 6.83. The van der Waals surface area contributed by atoms with Crippen LogP contribution < -0.4 is 10.5 Å². The molecule has 1 aromatic heterocycles. The Bertz CT molecular complexity index is 426. The van der Waals surface area contributed by atoms with Crippen LogP contribution in [0.25, 0.3) is 10.6 Å². The number of nitrogens with two attached hydrogens (primary N) is 1. The number of hydrogen-bond donors (Lipinski definition) is 1. The highest BCUT2D eigenvalue weighted by Crippen LogP contribution is 2.35. The number of hydrogen-bond acceptors (Lipinski definition) is 4. The summed E-state index contributed by atoms with van der Waals surface area (Å²) in [5.41, 5.74) is 7.45. The normalized spacial score (nSPS) is 10.1. The number of nitrogens with zero attached hydrogens (tertiary/aromatic N) is 1. The zero-order valence-corrected chi connectivity index (χ0v) is 8.54. The highest BCUT2D eigenvalue weighted by Gasteiger charge is 2.10. The molecule has 0 aliphatic carbocycles. The van der Waals surface area contributed by atoms with Gasteiger partial charge in [0, 0.05) is 17.3 Å². The third kappa shape index (κ3) is 1.44. The molecular formula is C10H10N2OS. The van der Waals surface area contributed by atoms with Gasteiger partial charge in [-0.05, 0) is 12.1 Å². The van der Waals surface area contributed by atoms with Crippen molar-refractivity contribution >= 4 is 17.0 Å². The molecule has 2 aromatic rings. The number of anilines is 1. The Labute approximate surface area is 86.2 Å². The van der Waals surface area contributed by atoms with Gasteiger partial charge in [-0.2, -0.15) is 0 Å². The second-order valence-corrected chi connectivity index (χ2v) is 3.66. The van der Waals surface area contributed by atoms with Crippen molar-refractivity contribution in [3.8, 4) is 16.3 Å². The first-order valence-electron chi connectivity index (χ1n) is 4.15. The molecule has 0 saturated carbocycles. The van der Waals surface area contributed by atoms with Crippen molar-refractivity contribution in [1.82, 2.24) is 4.98 Å². The van der Waals surface area contributed by atoms with Gasteiger partial charge in [0.15, 0.2) is 0 Å². The number of rotatable bonds is 2. The molecule has 0 aliphatic rings. The van der Waals surface area contributed by atoms with Crippen LogP contribution >= 0.6 is 11.3 Å². The molecule has 0 amide bonds. The van der Waals surface area contributed by atoms with Crippen LogP contribution in [0.5, 0.6) is 5.75 Å². The monoisotopic (exact) mass is 206 g/mol. The van der Waals surface area contributed by atoms with E-state index in [-0.39, 0.29) is 0 Å². The maximum absolute atomic E-state index is 5.87. The Balaban J connectivity index is 2.61. The standard InChI is InChI=1S/C10H10N2OS/c1-13-8-4-2-3-7(11)9(8)10-12-5-6-14-10/h2-6H,11H2,1H3. The second-order valence-electron chi connectivity index (χ2n) is 2.76. The van der Waals surface area contributed by atoms with Crippen molar-refractivity contribution in [2.75, 3.05) is 12.8 Å². The van der Waals surface area contributed by atoms with E-state index in [0.717, 1.165) is 16.3 Å². The smallest absolute Gasteiger partial charge is 0.131 e. The molecule has 2 N–H and O–H groups in total. The van der Waals surface area contributed by atoms with Crippen LogP contribution in [0.15, 0.2) is 29.8 Å². The van der Waals surface area contributed by atoms with Crippen molar-refractivity contribution in [2.45, 2.75) is 0 Å². The number of benzene rings is 1. The SMILES string of the molecule is COc1cccc(N)c1-c1nccs1. The fourth-order valence-electron chi connectivity index (χ4n) is 1.29. The Kier molecular flexibility index (Phi) is 2.37. The average molecular weight is 206 g/mol. The van der Waals surface area contributed by atoms with Gasteiger partial charge < -0.3 is 10.5 Å². The number of methoxy groups -OCH3 is 1. The van der Waals surface area contributed by atoms with Crippen LogP contribution in [0.4, 0.5) is 5.69 Å². The third-order valence-corrected chi connectivity index (χ3v) is 2.72. The minimum absolute atomic E-state index is 0.694. The third-order valence-electron chi connectivity index (χ3n) is 1.92. The molecule has 2 rings (SSSR count). The van der Waals surface area contributed by atoms with Gasteiger partial charge in [0.25, 0.3) is 0 Å². The summed E-state index contributed by atoms with van der Waals surface area (Å²) >= 11 is 1.55. The van der Waals surface area contributed by atoms with Crippen LogP contribution in [0.3, 0.4) is 0 Å². The predicted molar refractivity (Wildman–Crippen MR) is 58.5 cm³/mol. The molecule has 0 saturated heterocycles. The summed E-state index contributed by atoms with van der Waals surface area (Å²) < 4.78 is 5.24. The molecular weight excluding hydrogens is 196 g/mol. The summed E-state index contributed by atoms with van der Waals surface area (Å²) in [6.45, 7) is 0. The van der Waals surface area contributed by atoms with E-state index in [1.807, 2.05) is 23.6 Å². The number of aromatic nitrogens is 1. The molecule has 0 atom stereocenters. The van der Waals surface area contributed by atoms with Gasteiger partial charge in [-0.25, -0.2) is 4.98 Å². The fourth-order valence-corrected chi connectivity index (χ4v) is 2.00. The molecule has 1 heterocycles. The number of ether oxygens (including phenoxy) is 1. The quantitative estimate of drug-likeness (QED) is 0.767. The van der Waals surface area contributed by atoms with Gasteiger partial charge in [0.05, 0.1) is 12.7 Å². The minimum Gasteiger partial charge on any atom is -0.496 e. The molecule has 0 radical (unpaired) electrons. The van der Waals surface area contributed by atoms with Gasteiger partial charge in [-0.15, -0.1) is 11.3 Å². The van der Waals surface area contributed by atoms with E-state index < -0.39 is 0 Å². The van der Waals surface area contributed by atoms with Crippen molar-refractivity contribution in [1.29, 1.82) is 0 Å². The Morgan fingerprint density at radius 2 is 2.29 bits per heavy atom. The largest absolute Gasteiger partial charge is 0.496 e. The Morgan fingerprint density at radius 3 is 2.93 bits per heavy atom. The molecule has 0 spiro atoms. The maximum Gasteiger partial charge on any atom is 0.131 e. The van der Waals surface area contributed by atoms with E-state index in [1.165, 1.54) is 0 Å². The summed E-state index contributed by atoms with van der Waals surface area (Å²) in [7, 11) is 1.63. The van der Waals surface area contributed by atoms with Crippen molar-refractivity contribution < 1.29 is 4.74 Å². The van der Waals surface area contributed by atoms with Gasteiger partial charge in [0.2, 0.25) is 0 Å². The molecule has 1 aromatic carbocycles. The number of nitrogen functional groups attached to an aromatic ring is 1. The van der Waals surface area contributed by atoms with Crippen LogP contribution in [0, 0.1) is 0 Å².